The Bertz CT molecular complexity index is 1230. The average molecular weight is 519 g/mol. The van der Waals surface area contributed by atoms with E-state index in [0.717, 1.165) is 0 Å². The summed E-state index contributed by atoms with van der Waals surface area (Å²) in [4.78, 5) is 35.9. The molecule has 0 saturated carbocycles. The van der Waals surface area contributed by atoms with Gasteiger partial charge in [-0.05, 0) is 49.4 Å². The number of aromatic nitrogens is 3. The van der Waals surface area contributed by atoms with E-state index in [9.17, 15) is 18.8 Å². The van der Waals surface area contributed by atoms with E-state index in [0.29, 0.717) is 34.5 Å². The second-order valence-corrected chi connectivity index (χ2v) is 9.36. The topological polar surface area (TPSA) is 118 Å². The minimum atomic E-state index is -0.559. The van der Waals surface area contributed by atoms with Gasteiger partial charge in [-0.1, -0.05) is 23.4 Å². The molecule has 2 aromatic carbocycles. The molecule has 0 aliphatic carbocycles. The summed E-state index contributed by atoms with van der Waals surface area (Å²) >= 11 is 6.97. The van der Waals surface area contributed by atoms with Gasteiger partial charge in [-0.2, -0.15) is 0 Å². The number of thioether (sulfide) groups is 1. The predicted octanol–water partition coefficient (Wildman–Crippen LogP) is 4.26. The first-order valence-electron chi connectivity index (χ1n) is 10.6. The molecular formula is C23H24ClFN6O3S. The van der Waals surface area contributed by atoms with Crippen LogP contribution in [0.1, 0.15) is 26.1 Å². The van der Waals surface area contributed by atoms with Crippen LogP contribution in [0.5, 0.6) is 0 Å². The quantitative estimate of drug-likeness (QED) is 0.364. The highest BCUT2D eigenvalue weighted by Crippen LogP contribution is 2.24. The number of amides is 3. The fraction of sp³-hybridized carbons (Fsp3) is 0.261. The molecule has 0 radical (unpaired) electrons. The van der Waals surface area contributed by atoms with Crippen molar-refractivity contribution in [3.63, 3.8) is 0 Å². The van der Waals surface area contributed by atoms with Crippen LogP contribution in [-0.2, 0) is 27.9 Å². The molecule has 184 valence electrons. The highest BCUT2D eigenvalue weighted by atomic mass is 35.5. The first kappa shape index (κ1) is 26.2. The molecule has 0 fully saturated rings. The van der Waals surface area contributed by atoms with E-state index in [-0.39, 0.29) is 29.2 Å². The number of hydrogen-bond acceptors (Lipinski definition) is 6. The molecule has 0 saturated heterocycles. The van der Waals surface area contributed by atoms with Crippen molar-refractivity contribution in [2.75, 3.05) is 16.0 Å². The van der Waals surface area contributed by atoms with Gasteiger partial charge in [0.25, 0.3) is 0 Å². The number of halogens is 2. The Morgan fingerprint density at radius 1 is 1.03 bits per heavy atom. The van der Waals surface area contributed by atoms with E-state index in [1.54, 1.807) is 42.8 Å². The van der Waals surface area contributed by atoms with Gasteiger partial charge in [0.15, 0.2) is 5.16 Å². The molecule has 0 bridgehead atoms. The normalized spacial score (nSPS) is 11.6. The first-order valence-corrected chi connectivity index (χ1v) is 11.9. The summed E-state index contributed by atoms with van der Waals surface area (Å²) in [6.07, 6.45) is 0.461. The largest absolute Gasteiger partial charge is 0.326 e. The molecule has 0 aliphatic heterocycles. The summed E-state index contributed by atoms with van der Waals surface area (Å²) in [5.74, 6) is -0.642. The Labute approximate surface area is 210 Å². The summed E-state index contributed by atoms with van der Waals surface area (Å²) in [6, 6.07) is 10.8. The molecule has 1 atom stereocenters. The molecule has 0 spiro atoms. The lowest BCUT2D eigenvalue weighted by atomic mass is 10.2. The molecule has 3 aromatic rings. The average Bonchev–Trinajstić information content (AvgIpc) is 3.15. The zero-order valence-electron chi connectivity index (χ0n) is 19.3. The number of benzene rings is 2. The lowest BCUT2D eigenvalue weighted by Crippen LogP contribution is -2.23. The highest BCUT2D eigenvalue weighted by Gasteiger charge is 2.19. The third-order valence-corrected chi connectivity index (χ3v) is 6.25. The second kappa shape index (κ2) is 11.8. The zero-order chi connectivity index (χ0) is 25.5. The Balaban J connectivity index is 1.51. The third kappa shape index (κ3) is 7.52. The third-order valence-electron chi connectivity index (χ3n) is 4.83. The van der Waals surface area contributed by atoms with Gasteiger partial charge in [0.2, 0.25) is 17.7 Å². The monoisotopic (exact) mass is 518 g/mol. The van der Waals surface area contributed by atoms with Crippen LogP contribution in [0.3, 0.4) is 0 Å². The Hall–Kier alpha value is -3.44. The minimum Gasteiger partial charge on any atom is -0.326 e. The van der Waals surface area contributed by atoms with E-state index in [1.807, 2.05) is 0 Å². The van der Waals surface area contributed by atoms with E-state index in [1.165, 1.54) is 36.9 Å². The first-order chi connectivity index (χ1) is 16.6. The minimum absolute atomic E-state index is 0.0714. The van der Waals surface area contributed by atoms with E-state index >= 15 is 0 Å². The number of carbonyl (C=O) groups is 3. The van der Waals surface area contributed by atoms with Gasteiger partial charge in [-0.25, -0.2) is 4.39 Å². The Morgan fingerprint density at radius 2 is 1.66 bits per heavy atom. The molecule has 35 heavy (non-hydrogen) atoms. The van der Waals surface area contributed by atoms with Crippen molar-refractivity contribution in [2.45, 2.75) is 37.1 Å². The molecule has 1 unspecified atom stereocenters. The maximum atomic E-state index is 13.3. The van der Waals surface area contributed by atoms with Crippen LogP contribution in [-0.4, -0.2) is 37.7 Å². The summed E-state index contributed by atoms with van der Waals surface area (Å²) in [5, 5.41) is 16.4. The van der Waals surface area contributed by atoms with Gasteiger partial charge in [-0.3, -0.25) is 14.4 Å². The number of carbonyl (C=O) groups excluding carboxylic acids is 3. The van der Waals surface area contributed by atoms with Gasteiger partial charge in [0.1, 0.15) is 11.6 Å². The summed E-state index contributed by atoms with van der Waals surface area (Å²) in [7, 11) is 1.76. The number of hydrogen-bond donors (Lipinski definition) is 3. The van der Waals surface area contributed by atoms with Crippen molar-refractivity contribution in [2.24, 2.45) is 7.05 Å². The van der Waals surface area contributed by atoms with E-state index in [2.05, 4.69) is 26.1 Å². The van der Waals surface area contributed by atoms with Crippen molar-refractivity contribution in [3.8, 4) is 0 Å². The second-order valence-electron chi connectivity index (χ2n) is 7.64. The maximum absolute atomic E-state index is 13.3. The maximum Gasteiger partial charge on any atom is 0.237 e. The Kier molecular flexibility index (Phi) is 8.83. The van der Waals surface area contributed by atoms with Crippen LogP contribution < -0.4 is 16.0 Å². The summed E-state index contributed by atoms with van der Waals surface area (Å²) < 4.78 is 15.0. The standard InChI is InChI=1S/C23H24ClFN6O3S/c1-13(22(34)28-16-6-4-15(5-7-16)26-14(2)32)35-23-30-29-20(31(23)3)10-11-21(33)27-17-8-9-19(25)18(24)12-17/h4-9,12-13H,10-11H2,1-3H3,(H,26,32)(H,27,33)(H,28,34). The van der Waals surface area contributed by atoms with Crippen LogP contribution in [0.4, 0.5) is 21.5 Å². The van der Waals surface area contributed by atoms with Gasteiger partial charge < -0.3 is 20.5 Å². The molecule has 9 nitrogen and oxygen atoms in total. The zero-order valence-corrected chi connectivity index (χ0v) is 20.8. The molecule has 1 aromatic heterocycles. The van der Waals surface area contributed by atoms with Crippen LogP contribution in [0.15, 0.2) is 47.6 Å². The number of nitrogens with zero attached hydrogens (tertiary/aromatic N) is 3. The number of nitrogens with one attached hydrogen (secondary N) is 3. The van der Waals surface area contributed by atoms with E-state index < -0.39 is 11.1 Å². The predicted molar refractivity (Wildman–Crippen MR) is 134 cm³/mol. The van der Waals surface area contributed by atoms with Crippen LogP contribution >= 0.6 is 23.4 Å². The highest BCUT2D eigenvalue weighted by molar-refractivity contribution is 8.00. The molecule has 1 heterocycles. The fourth-order valence-corrected chi connectivity index (χ4v) is 4.00. The fourth-order valence-electron chi connectivity index (χ4n) is 2.98. The molecule has 3 N–H and O–H groups in total. The van der Waals surface area contributed by atoms with Crippen LogP contribution in [0.2, 0.25) is 5.02 Å². The molecule has 3 rings (SSSR count). The number of anilines is 3. The summed E-state index contributed by atoms with van der Waals surface area (Å²) in [5.41, 5.74) is 1.64. The van der Waals surface area contributed by atoms with Crippen LogP contribution in [0, 0.1) is 5.82 Å². The van der Waals surface area contributed by atoms with Crippen molar-refractivity contribution in [3.05, 3.63) is 59.1 Å². The number of aryl methyl sites for hydroxylation is 1. The van der Waals surface area contributed by atoms with Crippen molar-refractivity contribution in [1.29, 1.82) is 0 Å². The molecule has 3 amide bonds. The van der Waals surface area contributed by atoms with Crippen molar-refractivity contribution in [1.82, 2.24) is 14.8 Å². The van der Waals surface area contributed by atoms with Gasteiger partial charge in [0, 0.05) is 43.9 Å². The van der Waals surface area contributed by atoms with Gasteiger partial charge in [-0.15, -0.1) is 10.2 Å². The smallest absolute Gasteiger partial charge is 0.237 e. The van der Waals surface area contributed by atoms with Crippen LogP contribution in [0.25, 0.3) is 0 Å². The summed E-state index contributed by atoms with van der Waals surface area (Å²) in [6.45, 7) is 3.17. The van der Waals surface area contributed by atoms with Gasteiger partial charge in [0.05, 0.1) is 10.3 Å². The van der Waals surface area contributed by atoms with Gasteiger partial charge >= 0.3 is 0 Å². The SMILES string of the molecule is CC(=O)Nc1ccc(NC(=O)C(C)Sc2nnc(CCC(=O)Nc3ccc(F)c(Cl)c3)n2C)cc1. The molecule has 12 heteroatoms. The van der Waals surface area contributed by atoms with Crippen molar-refractivity contribution < 1.29 is 18.8 Å². The van der Waals surface area contributed by atoms with E-state index in [4.69, 9.17) is 11.6 Å². The molecule has 0 aliphatic rings. The van der Waals surface area contributed by atoms with Crippen molar-refractivity contribution >= 4 is 58.1 Å². The number of rotatable bonds is 9. The Morgan fingerprint density at radius 3 is 2.29 bits per heavy atom. The lowest BCUT2D eigenvalue weighted by molar-refractivity contribution is -0.116. The lowest BCUT2D eigenvalue weighted by Gasteiger charge is -2.12. The molecular weight excluding hydrogens is 495 g/mol.